The normalized spacial score (nSPS) is 16.5. The summed E-state index contributed by atoms with van der Waals surface area (Å²) in [5.74, 6) is 0.209. The van der Waals surface area contributed by atoms with Gasteiger partial charge >= 0.3 is 0 Å². The molecule has 1 aliphatic rings. The van der Waals surface area contributed by atoms with Gasteiger partial charge in [-0.05, 0) is 49.8 Å². The molecule has 0 amide bonds. The summed E-state index contributed by atoms with van der Waals surface area (Å²) in [5.41, 5.74) is 3.41. The van der Waals surface area contributed by atoms with E-state index in [1.165, 1.54) is 0 Å². The van der Waals surface area contributed by atoms with Crippen LogP contribution in [0.15, 0.2) is 21.8 Å². The maximum atomic E-state index is 11.4. The second kappa shape index (κ2) is 3.83. The molecule has 0 N–H and O–H groups in total. The Bertz CT molecular complexity index is 428. The van der Waals surface area contributed by atoms with Crippen LogP contribution in [-0.2, 0) is 4.79 Å². The summed E-state index contributed by atoms with van der Waals surface area (Å²) in [6.07, 6.45) is 3.31. The summed E-state index contributed by atoms with van der Waals surface area (Å²) in [7, 11) is 0. The monoisotopic (exact) mass is 268 g/mol. The maximum absolute atomic E-state index is 11.4. The summed E-state index contributed by atoms with van der Waals surface area (Å²) >= 11 is 5.00. The Hall–Kier alpha value is -0.670. The molecule has 0 fully saturated rings. The molecule has 3 heteroatoms. The Morgan fingerprint density at radius 2 is 2.21 bits per heavy atom. The van der Waals surface area contributed by atoms with E-state index in [2.05, 4.69) is 33.3 Å². The molecular weight excluding hydrogens is 260 g/mol. The highest BCUT2D eigenvalue weighted by Crippen LogP contribution is 2.37. The molecule has 1 nitrogen and oxygen atoms in total. The number of halogens is 1. The molecule has 0 saturated carbocycles. The van der Waals surface area contributed by atoms with E-state index in [0.717, 1.165) is 27.6 Å². The van der Waals surface area contributed by atoms with Gasteiger partial charge in [-0.2, -0.15) is 11.3 Å². The fourth-order valence-corrected chi connectivity index (χ4v) is 3.05. The second-order valence-corrected chi connectivity index (χ2v) is 4.70. The number of rotatable bonds is 2. The number of Topliss-reactive ketones (excluding diaryl/α,β-unsaturated/α-hetero) is 1. The zero-order valence-electron chi connectivity index (χ0n) is 7.55. The van der Waals surface area contributed by atoms with Crippen LogP contribution in [0.1, 0.15) is 24.0 Å². The average Bonchev–Trinajstić information content (AvgIpc) is 2.75. The highest BCUT2D eigenvalue weighted by molar-refractivity contribution is 9.12. The lowest BCUT2D eigenvalue weighted by Crippen LogP contribution is -1.87. The number of allylic oxidation sites excluding steroid dienone is 2. The van der Waals surface area contributed by atoms with E-state index in [4.69, 9.17) is 0 Å². The van der Waals surface area contributed by atoms with Crippen molar-refractivity contribution in [1.82, 2.24) is 0 Å². The maximum Gasteiger partial charge on any atom is 0.170 e. The van der Waals surface area contributed by atoms with Gasteiger partial charge < -0.3 is 0 Å². The SMILES string of the molecule is C=Cc1cscc1C1=C(Br)C(=O)CC1. The third-order valence-corrected chi connectivity index (χ3v) is 4.03. The molecule has 0 aromatic carbocycles. The Labute approximate surface area is 95.3 Å². The van der Waals surface area contributed by atoms with Crippen molar-refractivity contribution in [3.8, 4) is 0 Å². The molecule has 2 rings (SSSR count). The van der Waals surface area contributed by atoms with Gasteiger partial charge in [0.2, 0.25) is 0 Å². The third kappa shape index (κ3) is 1.51. The van der Waals surface area contributed by atoms with E-state index < -0.39 is 0 Å². The molecule has 1 aromatic heterocycles. The molecule has 0 unspecified atom stereocenters. The van der Waals surface area contributed by atoms with Crippen LogP contribution < -0.4 is 0 Å². The van der Waals surface area contributed by atoms with Crippen LogP contribution in [0.25, 0.3) is 11.6 Å². The number of hydrogen-bond acceptors (Lipinski definition) is 2. The number of carbonyl (C=O) groups excluding carboxylic acids is 1. The minimum absolute atomic E-state index is 0.209. The smallest absolute Gasteiger partial charge is 0.170 e. The summed E-state index contributed by atoms with van der Waals surface area (Å²) in [6, 6.07) is 0. The van der Waals surface area contributed by atoms with Crippen molar-refractivity contribution in [1.29, 1.82) is 0 Å². The van der Waals surface area contributed by atoms with Gasteiger partial charge in [0, 0.05) is 6.42 Å². The van der Waals surface area contributed by atoms with Gasteiger partial charge in [0.1, 0.15) is 0 Å². The van der Waals surface area contributed by atoms with Crippen LogP contribution in [0, 0.1) is 0 Å². The largest absolute Gasteiger partial charge is 0.294 e. The zero-order chi connectivity index (χ0) is 10.1. The Morgan fingerprint density at radius 1 is 1.43 bits per heavy atom. The minimum atomic E-state index is 0.209. The van der Waals surface area contributed by atoms with Gasteiger partial charge in [-0.3, -0.25) is 4.79 Å². The van der Waals surface area contributed by atoms with Crippen LogP contribution in [0.3, 0.4) is 0 Å². The molecule has 72 valence electrons. The summed E-state index contributed by atoms with van der Waals surface area (Å²) in [6.45, 7) is 3.76. The molecule has 0 spiro atoms. The van der Waals surface area contributed by atoms with Crippen LogP contribution in [0.2, 0.25) is 0 Å². The van der Waals surface area contributed by atoms with Gasteiger partial charge in [-0.25, -0.2) is 0 Å². The minimum Gasteiger partial charge on any atom is -0.294 e. The first-order valence-corrected chi connectivity index (χ1v) is 6.08. The number of thiophene rings is 1. The lowest BCUT2D eigenvalue weighted by molar-refractivity contribution is -0.114. The van der Waals surface area contributed by atoms with Gasteiger partial charge in [-0.1, -0.05) is 12.7 Å². The van der Waals surface area contributed by atoms with E-state index in [0.29, 0.717) is 6.42 Å². The lowest BCUT2D eigenvalue weighted by Gasteiger charge is -2.00. The van der Waals surface area contributed by atoms with Crippen molar-refractivity contribution < 1.29 is 4.79 Å². The van der Waals surface area contributed by atoms with Crippen molar-refractivity contribution in [3.63, 3.8) is 0 Å². The van der Waals surface area contributed by atoms with Crippen molar-refractivity contribution in [3.05, 3.63) is 32.9 Å². The third-order valence-electron chi connectivity index (χ3n) is 2.35. The fourth-order valence-electron chi connectivity index (χ4n) is 1.59. The molecule has 0 aliphatic heterocycles. The molecule has 0 radical (unpaired) electrons. The van der Waals surface area contributed by atoms with Crippen LogP contribution in [0.4, 0.5) is 0 Å². The van der Waals surface area contributed by atoms with E-state index >= 15 is 0 Å². The first-order valence-electron chi connectivity index (χ1n) is 4.35. The molecule has 1 aliphatic carbocycles. The predicted octanol–water partition coefficient (Wildman–Crippen LogP) is 3.86. The van der Waals surface area contributed by atoms with Crippen LogP contribution >= 0.6 is 27.3 Å². The molecule has 0 saturated heterocycles. The standard InChI is InChI=1S/C11H9BrOS/c1-2-7-5-14-6-9(7)8-3-4-10(13)11(8)12/h2,5-6H,1,3-4H2. The Balaban J connectivity index is 2.50. The Kier molecular flexibility index (Phi) is 2.70. The lowest BCUT2D eigenvalue weighted by atomic mass is 10.0. The fraction of sp³-hybridized carbons (Fsp3) is 0.182. The zero-order valence-corrected chi connectivity index (χ0v) is 9.95. The van der Waals surface area contributed by atoms with E-state index in [1.54, 1.807) is 11.3 Å². The van der Waals surface area contributed by atoms with Crippen LogP contribution in [-0.4, -0.2) is 5.78 Å². The summed E-state index contributed by atoms with van der Waals surface area (Å²) in [5, 5.41) is 4.13. The topological polar surface area (TPSA) is 17.1 Å². The summed E-state index contributed by atoms with van der Waals surface area (Å²) in [4.78, 5) is 11.4. The molecule has 0 bridgehead atoms. The summed E-state index contributed by atoms with van der Waals surface area (Å²) < 4.78 is 0.749. The first kappa shape index (κ1) is 9.87. The molecule has 14 heavy (non-hydrogen) atoms. The van der Waals surface area contributed by atoms with Gasteiger partial charge in [0.05, 0.1) is 4.48 Å². The number of carbonyl (C=O) groups is 1. The van der Waals surface area contributed by atoms with Crippen molar-refractivity contribution in [2.75, 3.05) is 0 Å². The van der Waals surface area contributed by atoms with E-state index in [1.807, 2.05) is 6.08 Å². The number of hydrogen-bond donors (Lipinski definition) is 0. The average molecular weight is 269 g/mol. The van der Waals surface area contributed by atoms with Gasteiger partial charge in [-0.15, -0.1) is 0 Å². The van der Waals surface area contributed by atoms with E-state index in [-0.39, 0.29) is 5.78 Å². The molecule has 1 aromatic rings. The predicted molar refractivity (Wildman–Crippen MR) is 64.5 cm³/mol. The Morgan fingerprint density at radius 3 is 2.79 bits per heavy atom. The van der Waals surface area contributed by atoms with Crippen molar-refractivity contribution in [2.24, 2.45) is 0 Å². The molecule has 0 atom stereocenters. The molecule has 1 heterocycles. The molecular formula is C11H9BrOS. The van der Waals surface area contributed by atoms with Gasteiger partial charge in [0.25, 0.3) is 0 Å². The quantitative estimate of drug-likeness (QED) is 0.796. The van der Waals surface area contributed by atoms with Crippen LogP contribution in [0.5, 0.6) is 0 Å². The highest BCUT2D eigenvalue weighted by atomic mass is 79.9. The van der Waals surface area contributed by atoms with Crippen molar-refractivity contribution >= 4 is 44.7 Å². The van der Waals surface area contributed by atoms with E-state index in [9.17, 15) is 4.79 Å². The highest BCUT2D eigenvalue weighted by Gasteiger charge is 2.23. The second-order valence-electron chi connectivity index (χ2n) is 3.16. The van der Waals surface area contributed by atoms with Crippen molar-refractivity contribution in [2.45, 2.75) is 12.8 Å². The number of ketones is 1. The van der Waals surface area contributed by atoms with Gasteiger partial charge in [0.15, 0.2) is 5.78 Å². The first-order chi connectivity index (χ1) is 6.74.